The van der Waals surface area contributed by atoms with Crippen molar-refractivity contribution in [2.45, 2.75) is 39.3 Å². The second-order valence-electron chi connectivity index (χ2n) is 4.68. The molecule has 4 heteroatoms. The van der Waals surface area contributed by atoms with E-state index in [2.05, 4.69) is 6.58 Å². The van der Waals surface area contributed by atoms with Crippen LogP contribution in [0.1, 0.15) is 33.3 Å². The highest BCUT2D eigenvalue weighted by Gasteiger charge is 2.44. The van der Waals surface area contributed by atoms with Crippen LogP contribution in [0.2, 0.25) is 6.04 Å². The van der Waals surface area contributed by atoms with Crippen molar-refractivity contribution >= 4 is 8.80 Å². The molecule has 0 bridgehead atoms. The lowest BCUT2D eigenvalue weighted by molar-refractivity contribution is 0.00344. The fourth-order valence-electron chi connectivity index (χ4n) is 2.13. The Balaban J connectivity index is 3.07. The monoisotopic (exact) mass is 294 g/mol. The van der Waals surface area contributed by atoms with Gasteiger partial charge in [-0.15, -0.1) is 0 Å². The van der Waals surface area contributed by atoms with Crippen molar-refractivity contribution in [3.63, 3.8) is 0 Å². The highest BCUT2D eigenvalue weighted by atomic mass is 28.4. The van der Waals surface area contributed by atoms with Crippen molar-refractivity contribution in [2.75, 3.05) is 13.2 Å². The predicted octanol–water partition coefficient (Wildman–Crippen LogP) is 4.14. The summed E-state index contributed by atoms with van der Waals surface area (Å²) < 4.78 is 18.1. The Kier molecular flexibility index (Phi) is 6.62. The van der Waals surface area contributed by atoms with Gasteiger partial charge in [-0.3, -0.25) is 0 Å². The molecule has 0 aliphatic rings. The summed E-state index contributed by atoms with van der Waals surface area (Å²) in [4.78, 5) is 0. The molecule has 0 N–H and O–H groups in total. The molecular weight excluding hydrogens is 268 g/mol. The van der Waals surface area contributed by atoms with Crippen molar-refractivity contribution in [3.05, 3.63) is 48.6 Å². The molecule has 0 radical (unpaired) electrons. The van der Waals surface area contributed by atoms with Gasteiger partial charge in [0.2, 0.25) is 0 Å². The van der Waals surface area contributed by atoms with Gasteiger partial charge in [0.15, 0.2) is 0 Å². The normalized spacial score (nSPS) is 14.8. The Labute approximate surface area is 123 Å². The molecule has 1 unspecified atom stereocenters. The molecule has 112 valence electrons. The predicted molar refractivity (Wildman–Crippen MR) is 84.6 cm³/mol. The smallest absolute Gasteiger partial charge is 0.374 e. The summed E-state index contributed by atoms with van der Waals surface area (Å²) in [5.74, 6) is 0. The van der Waals surface area contributed by atoms with Crippen molar-refractivity contribution < 1.29 is 13.3 Å². The lowest BCUT2D eigenvalue weighted by Gasteiger charge is -2.37. The zero-order valence-electron chi connectivity index (χ0n) is 13.0. The van der Waals surface area contributed by atoms with E-state index in [1.165, 1.54) is 0 Å². The molecule has 0 aromatic heterocycles. The summed E-state index contributed by atoms with van der Waals surface area (Å²) in [6.45, 7) is 13.1. The minimum atomic E-state index is -2.68. The Morgan fingerprint density at radius 2 is 1.65 bits per heavy atom. The average molecular weight is 294 g/mol. The van der Waals surface area contributed by atoms with Crippen molar-refractivity contribution in [1.82, 2.24) is 0 Å². The summed E-state index contributed by atoms with van der Waals surface area (Å²) >= 11 is 0. The molecule has 1 atom stereocenters. The van der Waals surface area contributed by atoms with Gasteiger partial charge in [0.25, 0.3) is 0 Å². The average Bonchev–Trinajstić information content (AvgIpc) is 2.48. The molecule has 0 aliphatic carbocycles. The molecule has 3 nitrogen and oxygen atoms in total. The first-order chi connectivity index (χ1) is 9.55. The van der Waals surface area contributed by atoms with Gasteiger partial charge >= 0.3 is 8.80 Å². The van der Waals surface area contributed by atoms with Crippen LogP contribution in [0.25, 0.3) is 0 Å². The van der Waals surface area contributed by atoms with E-state index in [0.29, 0.717) is 13.2 Å². The summed E-state index contributed by atoms with van der Waals surface area (Å²) in [5.41, 5.74) is 0.452. The van der Waals surface area contributed by atoms with Gasteiger partial charge in [-0.1, -0.05) is 49.9 Å². The topological polar surface area (TPSA) is 27.7 Å². The molecule has 1 rings (SSSR count). The minimum absolute atomic E-state index is 0.585. The van der Waals surface area contributed by atoms with Gasteiger partial charge in [0, 0.05) is 19.3 Å². The quantitative estimate of drug-likeness (QED) is 0.506. The van der Waals surface area contributed by atoms with Crippen LogP contribution in [0.4, 0.5) is 0 Å². The van der Waals surface area contributed by atoms with E-state index in [4.69, 9.17) is 13.3 Å². The Morgan fingerprint density at radius 1 is 1.10 bits per heavy atom. The van der Waals surface area contributed by atoms with E-state index in [9.17, 15) is 0 Å². The van der Waals surface area contributed by atoms with Crippen LogP contribution in [0, 0.1) is 0 Å². The van der Waals surface area contributed by atoms with Gasteiger partial charge in [-0.2, -0.15) is 0 Å². The molecular formula is C16H26O3Si. The van der Waals surface area contributed by atoms with Crippen LogP contribution in [0.3, 0.4) is 0 Å². The largest absolute Gasteiger partial charge is 0.501 e. The summed E-state index contributed by atoms with van der Waals surface area (Å²) in [5, 5.41) is 0. The van der Waals surface area contributed by atoms with E-state index in [1.54, 1.807) is 0 Å². The Morgan fingerprint density at radius 3 is 2.05 bits per heavy atom. The molecule has 20 heavy (non-hydrogen) atoms. The summed E-state index contributed by atoms with van der Waals surface area (Å²) in [6, 6.07) is 10.8. The van der Waals surface area contributed by atoms with Gasteiger partial charge in [-0.05, 0) is 26.3 Å². The molecule has 0 spiro atoms. The van der Waals surface area contributed by atoms with Crippen LogP contribution >= 0.6 is 0 Å². The first-order valence-electron chi connectivity index (χ1n) is 7.23. The van der Waals surface area contributed by atoms with E-state index >= 15 is 0 Å². The second kappa shape index (κ2) is 7.74. The van der Waals surface area contributed by atoms with Crippen LogP contribution < -0.4 is 0 Å². The summed E-state index contributed by atoms with van der Waals surface area (Å²) in [7, 11) is -2.68. The fourth-order valence-corrected chi connectivity index (χ4v) is 4.61. The van der Waals surface area contributed by atoms with Crippen LogP contribution in [-0.4, -0.2) is 22.0 Å². The highest BCUT2D eigenvalue weighted by molar-refractivity contribution is 6.60. The maximum atomic E-state index is 6.37. The zero-order chi connectivity index (χ0) is 15.1. The minimum Gasteiger partial charge on any atom is -0.374 e. The lowest BCUT2D eigenvalue weighted by atomic mass is 9.97. The number of rotatable bonds is 9. The van der Waals surface area contributed by atoms with E-state index in [1.807, 2.05) is 64.1 Å². The van der Waals surface area contributed by atoms with Crippen LogP contribution in [-0.2, 0) is 18.9 Å². The van der Waals surface area contributed by atoms with Crippen LogP contribution in [0.15, 0.2) is 43.0 Å². The van der Waals surface area contributed by atoms with Gasteiger partial charge in [0.05, 0.1) is 0 Å². The maximum Gasteiger partial charge on any atom is 0.501 e. The van der Waals surface area contributed by atoms with Crippen molar-refractivity contribution in [3.8, 4) is 0 Å². The third-order valence-corrected chi connectivity index (χ3v) is 6.32. The molecule has 0 fully saturated rings. The number of hydrogen-bond donors (Lipinski definition) is 0. The number of hydrogen-bond acceptors (Lipinski definition) is 3. The third-order valence-electron chi connectivity index (χ3n) is 3.27. The maximum absolute atomic E-state index is 6.37. The first kappa shape index (κ1) is 17.1. The van der Waals surface area contributed by atoms with Gasteiger partial charge in [-0.25, -0.2) is 0 Å². The van der Waals surface area contributed by atoms with E-state index in [-0.39, 0.29) is 0 Å². The van der Waals surface area contributed by atoms with Crippen molar-refractivity contribution in [1.29, 1.82) is 0 Å². The molecule has 0 saturated heterocycles. The van der Waals surface area contributed by atoms with Crippen LogP contribution in [0.5, 0.6) is 0 Å². The molecule has 0 aliphatic heterocycles. The third kappa shape index (κ3) is 4.02. The van der Waals surface area contributed by atoms with E-state index < -0.39 is 14.4 Å². The van der Waals surface area contributed by atoms with Gasteiger partial charge < -0.3 is 13.3 Å². The molecule has 1 aromatic rings. The van der Waals surface area contributed by atoms with Crippen molar-refractivity contribution in [2.24, 2.45) is 0 Å². The highest BCUT2D eigenvalue weighted by Crippen LogP contribution is 2.32. The zero-order valence-corrected chi connectivity index (χ0v) is 14.0. The number of benzene rings is 1. The van der Waals surface area contributed by atoms with Gasteiger partial charge in [0.1, 0.15) is 5.60 Å². The standard InChI is InChI=1S/C16H26O3Si/c1-6-16(5,15-13-11-10-12-14-15)19-20(9-4,17-7-2)18-8-3/h6,10-14H,1,7-9H2,2-5H3. The lowest BCUT2D eigenvalue weighted by Crippen LogP contribution is -2.50. The second-order valence-corrected chi connectivity index (χ2v) is 7.54. The van der Waals surface area contributed by atoms with E-state index in [0.717, 1.165) is 11.6 Å². The summed E-state index contributed by atoms with van der Waals surface area (Å²) in [6.07, 6.45) is 1.82. The SMILES string of the molecule is C=CC(C)(O[Si](CC)(OCC)OCC)c1ccccc1. The Hall–Kier alpha value is -0.943. The first-order valence-corrected chi connectivity index (χ1v) is 9.16. The molecule has 0 heterocycles. The fraction of sp³-hybridized carbons (Fsp3) is 0.500. The Bertz CT molecular complexity index is 401. The molecule has 0 amide bonds. The molecule has 1 aromatic carbocycles. The molecule has 0 saturated carbocycles.